The Labute approximate surface area is 182 Å². The molecule has 8 nitrogen and oxygen atoms in total. The normalized spacial score (nSPS) is 21.9. The Bertz CT molecular complexity index is 1130. The van der Waals surface area contributed by atoms with Crippen molar-refractivity contribution < 1.29 is 4.79 Å². The van der Waals surface area contributed by atoms with Crippen LogP contribution in [0.4, 0.5) is 5.82 Å². The van der Waals surface area contributed by atoms with E-state index in [0.717, 1.165) is 67.3 Å². The SMILES string of the molecule is Cc1cn2nc([C@@H]3CCCCN3C(=O)c3cnn(C)c3C)cc2nc1N1CC[C@H](C)C1. The van der Waals surface area contributed by atoms with E-state index in [4.69, 9.17) is 10.1 Å². The number of aryl methyl sites for hydroxylation is 2. The van der Waals surface area contributed by atoms with E-state index in [0.29, 0.717) is 11.5 Å². The molecule has 2 aliphatic rings. The molecule has 5 heterocycles. The second-order valence-electron chi connectivity index (χ2n) is 9.24. The molecule has 0 spiro atoms. The number of carbonyl (C=O) groups excluding carboxylic acids is 1. The molecule has 2 fully saturated rings. The number of amides is 1. The van der Waals surface area contributed by atoms with E-state index >= 15 is 0 Å². The number of anilines is 1. The van der Waals surface area contributed by atoms with Gasteiger partial charge in [-0.25, -0.2) is 9.50 Å². The van der Waals surface area contributed by atoms with Gasteiger partial charge in [-0.2, -0.15) is 10.2 Å². The molecule has 0 unspecified atom stereocenters. The van der Waals surface area contributed by atoms with E-state index in [1.54, 1.807) is 10.9 Å². The maximum absolute atomic E-state index is 13.4. The number of likely N-dealkylation sites (tertiary alicyclic amines) is 1. The first-order chi connectivity index (χ1) is 14.9. The largest absolute Gasteiger partial charge is 0.356 e. The van der Waals surface area contributed by atoms with E-state index in [9.17, 15) is 4.79 Å². The van der Waals surface area contributed by atoms with Crippen LogP contribution in [0.15, 0.2) is 18.5 Å². The molecule has 8 heteroatoms. The molecule has 0 aliphatic carbocycles. The van der Waals surface area contributed by atoms with Gasteiger partial charge in [0.2, 0.25) is 0 Å². The van der Waals surface area contributed by atoms with Crippen LogP contribution in [0.3, 0.4) is 0 Å². The molecule has 0 bridgehead atoms. The fourth-order valence-corrected chi connectivity index (χ4v) is 4.98. The lowest BCUT2D eigenvalue weighted by Gasteiger charge is -2.34. The quantitative estimate of drug-likeness (QED) is 0.649. The van der Waals surface area contributed by atoms with Gasteiger partial charge in [0.25, 0.3) is 5.91 Å². The summed E-state index contributed by atoms with van der Waals surface area (Å²) in [6.07, 6.45) is 8.00. The first kappa shape index (κ1) is 20.0. The van der Waals surface area contributed by atoms with Crippen molar-refractivity contribution in [3.8, 4) is 0 Å². The smallest absolute Gasteiger partial charge is 0.257 e. The Morgan fingerprint density at radius 3 is 2.71 bits per heavy atom. The van der Waals surface area contributed by atoms with Gasteiger partial charge < -0.3 is 9.80 Å². The summed E-state index contributed by atoms with van der Waals surface area (Å²) >= 11 is 0. The molecule has 2 aliphatic heterocycles. The van der Waals surface area contributed by atoms with Gasteiger partial charge in [0.05, 0.1) is 23.5 Å². The first-order valence-corrected chi connectivity index (χ1v) is 11.3. The molecule has 1 amide bonds. The summed E-state index contributed by atoms with van der Waals surface area (Å²) in [6.45, 7) is 9.20. The molecule has 2 saturated heterocycles. The zero-order chi connectivity index (χ0) is 21.7. The first-order valence-electron chi connectivity index (χ1n) is 11.3. The highest BCUT2D eigenvalue weighted by molar-refractivity contribution is 5.95. The molecule has 3 aromatic heterocycles. The zero-order valence-corrected chi connectivity index (χ0v) is 18.9. The fraction of sp³-hybridized carbons (Fsp3) is 0.565. The molecule has 2 atom stereocenters. The van der Waals surface area contributed by atoms with Crippen LogP contribution in [-0.2, 0) is 7.05 Å². The van der Waals surface area contributed by atoms with Crippen molar-refractivity contribution in [2.24, 2.45) is 13.0 Å². The van der Waals surface area contributed by atoms with Gasteiger partial charge in [0.1, 0.15) is 5.82 Å². The van der Waals surface area contributed by atoms with Crippen molar-refractivity contribution in [1.82, 2.24) is 29.3 Å². The Balaban J connectivity index is 1.48. The minimum Gasteiger partial charge on any atom is -0.356 e. The van der Waals surface area contributed by atoms with E-state index < -0.39 is 0 Å². The number of rotatable bonds is 3. The van der Waals surface area contributed by atoms with Crippen LogP contribution in [-0.4, -0.2) is 54.8 Å². The molecule has 3 aromatic rings. The summed E-state index contributed by atoms with van der Waals surface area (Å²) in [5, 5.41) is 9.12. The molecule has 0 radical (unpaired) electrons. The van der Waals surface area contributed by atoms with Crippen LogP contribution in [0.25, 0.3) is 5.65 Å². The third-order valence-electron chi connectivity index (χ3n) is 6.92. The molecule has 0 saturated carbocycles. The topological polar surface area (TPSA) is 71.6 Å². The van der Waals surface area contributed by atoms with Crippen LogP contribution in [0.5, 0.6) is 0 Å². The molecule has 5 rings (SSSR count). The molecular formula is C23H31N7O. The number of piperidine rings is 1. The molecule has 0 aromatic carbocycles. The third-order valence-corrected chi connectivity index (χ3v) is 6.92. The third kappa shape index (κ3) is 3.47. The summed E-state index contributed by atoms with van der Waals surface area (Å²) in [4.78, 5) is 22.7. The molecule has 31 heavy (non-hydrogen) atoms. The monoisotopic (exact) mass is 421 g/mol. The van der Waals surface area contributed by atoms with E-state index in [1.807, 2.05) is 23.4 Å². The van der Waals surface area contributed by atoms with Crippen molar-refractivity contribution in [3.05, 3.63) is 41.0 Å². The van der Waals surface area contributed by atoms with Crippen LogP contribution in [0, 0.1) is 19.8 Å². The van der Waals surface area contributed by atoms with Gasteiger partial charge in [0.15, 0.2) is 5.65 Å². The van der Waals surface area contributed by atoms with Crippen LogP contribution < -0.4 is 4.90 Å². The number of hydrogen-bond donors (Lipinski definition) is 0. The molecule has 164 valence electrons. The number of fused-ring (bicyclic) bond motifs is 1. The summed E-state index contributed by atoms with van der Waals surface area (Å²) in [7, 11) is 1.87. The van der Waals surface area contributed by atoms with Gasteiger partial charge >= 0.3 is 0 Å². The Kier molecular flexibility index (Phi) is 4.95. The van der Waals surface area contributed by atoms with Crippen LogP contribution in [0.2, 0.25) is 0 Å². The highest BCUT2D eigenvalue weighted by Gasteiger charge is 2.32. The van der Waals surface area contributed by atoms with Gasteiger partial charge in [-0.3, -0.25) is 9.48 Å². The summed E-state index contributed by atoms with van der Waals surface area (Å²) in [6, 6.07) is 2.03. The summed E-state index contributed by atoms with van der Waals surface area (Å²) < 4.78 is 3.63. The lowest BCUT2D eigenvalue weighted by atomic mass is 9.98. The highest BCUT2D eigenvalue weighted by Crippen LogP contribution is 2.33. The average molecular weight is 422 g/mol. The Hall–Kier alpha value is -2.90. The number of carbonyl (C=O) groups is 1. The number of aromatic nitrogens is 5. The maximum atomic E-state index is 13.4. The minimum atomic E-state index is -0.0295. The van der Waals surface area contributed by atoms with E-state index in [1.165, 1.54) is 6.42 Å². The molecular weight excluding hydrogens is 390 g/mol. The zero-order valence-electron chi connectivity index (χ0n) is 18.9. The molecule has 0 N–H and O–H groups in total. The maximum Gasteiger partial charge on any atom is 0.257 e. The van der Waals surface area contributed by atoms with Crippen molar-refractivity contribution in [3.63, 3.8) is 0 Å². The van der Waals surface area contributed by atoms with Gasteiger partial charge in [-0.1, -0.05) is 6.92 Å². The minimum absolute atomic E-state index is 0.0295. The van der Waals surface area contributed by atoms with Gasteiger partial charge in [-0.05, 0) is 45.4 Å². The van der Waals surface area contributed by atoms with Gasteiger partial charge in [-0.15, -0.1) is 0 Å². The number of nitrogens with zero attached hydrogens (tertiary/aromatic N) is 7. The second-order valence-corrected chi connectivity index (χ2v) is 9.24. The average Bonchev–Trinajstić information content (AvgIpc) is 3.46. The van der Waals surface area contributed by atoms with Gasteiger partial charge in [0, 0.05) is 50.2 Å². The van der Waals surface area contributed by atoms with E-state index in [2.05, 4.69) is 36.1 Å². The summed E-state index contributed by atoms with van der Waals surface area (Å²) in [5.41, 5.74) is 4.49. The lowest BCUT2D eigenvalue weighted by Crippen LogP contribution is -2.38. The summed E-state index contributed by atoms with van der Waals surface area (Å²) in [5.74, 6) is 1.81. The van der Waals surface area contributed by atoms with Crippen molar-refractivity contribution in [2.45, 2.75) is 52.5 Å². The predicted molar refractivity (Wildman–Crippen MR) is 119 cm³/mol. The Morgan fingerprint density at radius 2 is 2.00 bits per heavy atom. The second kappa shape index (κ2) is 7.66. The van der Waals surface area contributed by atoms with Crippen LogP contribution in [0.1, 0.15) is 66.0 Å². The Morgan fingerprint density at radius 1 is 1.16 bits per heavy atom. The predicted octanol–water partition coefficient (Wildman–Crippen LogP) is 3.29. The van der Waals surface area contributed by atoms with E-state index in [-0.39, 0.29) is 11.9 Å². The highest BCUT2D eigenvalue weighted by atomic mass is 16.2. The van der Waals surface area contributed by atoms with Crippen molar-refractivity contribution >= 4 is 17.4 Å². The van der Waals surface area contributed by atoms with Crippen molar-refractivity contribution in [2.75, 3.05) is 24.5 Å². The number of hydrogen-bond acceptors (Lipinski definition) is 5. The van der Waals surface area contributed by atoms with Crippen LogP contribution >= 0.6 is 0 Å². The lowest BCUT2D eigenvalue weighted by molar-refractivity contribution is 0.0605. The van der Waals surface area contributed by atoms with Crippen molar-refractivity contribution in [1.29, 1.82) is 0 Å². The standard InChI is InChI=1S/C23H31N7O/c1-15-8-10-28(13-15)22-16(2)14-30-21(25-22)11-19(26-30)20-7-5-6-9-29(20)23(31)18-12-24-27(4)17(18)3/h11-12,14-15,20H,5-10,13H2,1-4H3/t15-,20-/m0/s1. The fourth-order valence-electron chi connectivity index (χ4n) is 4.98.